The van der Waals surface area contributed by atoms with E-state index in [0.29, 0.717) is 11.3 Å². The van der Waals surface area contributed by atoms with Gasteiger partial charge < -0.3 is 9.15 Å². The van der Waals surface area contributed by atoms with Crippen LogP contribution in [0.2, 0.25) is 0 Å². The van der Waals surface area contributed by atoms with Gasteiger partial charge in [-0.2, -0.15) is 0 Å². The number of benzene rings is 1. The van der Waals surface area contributed by atoms with Crippen molar-refractivity contribution in [2.24, 2.45) is 5.84 Å². The lowest BCUT2D eigenvalue weighted by Gasteiger charge is -2.39. The maximum absolute atomic E-state index is 13.3. The summed E-state index contributed by atoms with van der Waals surface area (Å²) >= 11 is 0. The molecule has 108 valence electrons. The van der Waals surface area contributed by atoms with E-state index in [-0.39, 0.29) is 11.9 Å². The number of furan rings is 1. The van der Waals surface area contributed by atoms with Crippen LogP contribution in [0.4, 0.5) is 4.39 Å². The molecule has 1 fully saturated rings. The SMILES string of the molecule is CC1(C(NN)c2cc3cc(F)ccc3o2)CCCCO1. The number of fused-ring (bicyclic) bond motifs is 1. The fraction of sp³-hybridized carbons (Fsp3) is 0.467. The van der Waals surface area contributed by atoms with Gasteiger partial charge in [0.1, 0.15) is 23.2 Å². The Morgan fingerprint density at radius 3 is 2.90 bits per heavy atom. The molecule has 1 aromatic carbocycles. The Morgan fingerprint density at radius 1 is 1.35 bits per heavy atom. The Morgan fingerprint density at radius 2 is 2.20 bits per heavy atom. The van der Waals surface area contributed by atoms with Gasteiger partial charge in [-0.05, 0) is 50.5 Å². The van der Waals surface area contributed by atoms with E-state index < -0.39 is 5.60 Å². The lowest BCUT2D eigenvalue weighted by Crippen LogP contribution is -2.48. The zero-order chi connectivity index (χ0) is 14.2. The van der Waals surface area contributed by atoms with E-state index in [9.17, 15) is 4.39 Å². The third-order valence-corrected chi connectivity index (χ3v) is 4.06. The summed E-state index contributed by atoms with van der Waals surface area (Å²) in [6, 6.07) is 6.05. The molecular formula is C15H19FN2O2. The minimum Gasteiger partial charge on any atom is -0.459 e. The van der Waals surface area contributed by atoms with Crippen LogP contribution < -0.4 is 11.3 Å². The second-order valence-corrected chi connectivity index (χ2v) is 5.55. The van der Waals surface area contributed by atoms with Gasteiger partial charge in [-0.15, -0.1) is 0 Å². The highest BCUT2D eigenvalue weighted by atomic mass is 19.1. The molecule has 2 heterocycles. The first-order valence-corrected chi connectivity index (χ1v) is 6.91. The summed E-state index contributed by atoms with van der Waals surface area (Å²) in [5.74, 6) is 6.11. The largest absolute Gasteiger partial charge is 0.459 e. The third-order valence-electron chi connectivity index (χ3n) is 4.06. The fourth-order valence-corrected chi connectivity index (χ4v) is 2.92. The Kier molecular flexibility index (Phi) is 3.50. The smallest absolute Gasteiger partial charge is 0.134 e. The fourth-order valence-electron chi connectivity index (χ4n) is 2.92. The molecule has 0 aliphatic carbocycles. The maximum atomic E-state index is 13.3. The zero-order valence-corrected chi connectivity index (χ0v) is 11.5. The van der Waals surface area contributed by atoms with Crippen molar-refractivity contribution in [1.29, 1.82) is 0 Å². The van der Waals surface area contributed by atoms with Crippen LogP contribution in [0.15, 0.2) is 28.7 Å². The second-order valence-electron chi connectivity index (χ2n) is 5.55. The number of ether oxygens (including phenoxy) is 1. The van der Waals surface area contributed by atoms with Crippen LogP contribution in [0.5, 0.6) is 0 Å². The standard InChI is InChI=1S/C15H19FN2O2/c1-15(6-2-3-7-19-15)14(18-17)13-9-10-8-11(16)4-5-12(10)20-13/h4-5,8-9,14,18H,2-3,6-7,17H2,1H3. The van der Waals surface area contributed by atoms with Crippen molar-refractivity contribution < 1.29 is 13.5 Å². The topological polar surface area (TPSA) is 60.4 Å². The Balaban J connectivity index is 1.98. The average Bonchev–Trinajstić information content (AvgIpc) is 2.82. The van der Waals surface area contributed by atoms with E-state index in [0.717, 1.165) is 31.3 Å². The van der Waals surface area contributed by atoms with Crippen molar-refractivity contribution in [2.45, 2.75) is 37.8 Å². The number of nitrogens with one attached hydrogen (secondary N) is 1. The van der Waals surface area contributed by atoms with Gasteiger partial charge >= 0.3 is 0 Å². The summed E-state index contributed by atoms with van der Waals surface area (Å²) < 4.78 is 25.0. The average molecular weight is 278 g/mol. The number of rotatable bonds is 3. The van der Waals surface area contributed by atoms with Gasteiger partial charge in [0.25, 0.3) is 0 Å². The molecule has 0 amide bonds. The van der Waals surface area contributed by atoms with Crippen molar-refractivity contribution in [1.82, 2.24) is 5.43 Å². The molecule has 3 N–H and O–H groups in total. The first kappa shape index (κ1) is 13.5. The highest BCUT2D eigenvalue weighted by Gasteiger charge is 2.39. The molecule has 1 saturated heterocycles. The molecule has 2 aromatic rings. The van der Waals surface area contributed by atoms with E-state index in [1.165, 1.54) is 12.1 Å². The van der Waals surface area contributed by atoms with E-state index in [1.54, 1.807) is 6.07 Å². The summed E-state index contributed by atoms with van der Waals surface area (Å²) in [5, 5.41) is 0.736. The second kappa shape index (κ2) is 5.16. The number of halogens is 1. The number of nitrogens with two attached hydrogens (primary N) is 1. The molecule has 2 unspecified atom stereocenters. The van der Waals surface area contributed by atoms with Crippen LogP contribution in [0.3, 0.4) is 0 Å². The quantitative estimate of drug-likeness (QED) is 0.669. The molecule has 0 spiro atoms. The molecule has 0 bridgehead atoms. The van der Waals surface area contributed by atoms with E-state index in [1.807, 2.05) is 13.0 Å². The zero-order valence-electron chi connectivity index (χ0n) is 11.5. The highest BCUT2D eigenvalue weighted by Crippen LogP contribution is 2.38. The summed E-state index contributed by atoms with van der Waals surface area (Å²) in [5.41, 5.74) is 3.04. The van der Waals surface area contributed by atoms with Crippen molar-refractivity contribution in [2.75, 3.05) is 6.61 Å². The molecule has 0 radical (unpaired) electrons. The number of hydrogen-bond donors (Lipinski definition) is 2. The van der Waals surface area contributed by atoms with Crippen LogP contribution in [0, 0.1) is 5.82 Å². The molecular weight excluding hydrogens is 259 g/mol. The molecule has 5 heteroatoms. The van der Waals surface area contributed by atoms with Crippen LogP contribution >= 0.6 is 0 Å². The number of hydrogen-bond acceptors (Lipinski definition) is 4. The first-order chi connectivity index (χ1) is 9.62. The van der Waals surface area contributed by atoms with Crippen molar-refractivity contribution in [3.63, 3.8) is 0 Å². The van der Waals surface area contributed by atoms with E-state index in [2.05, 4.69) is 5.43 Å². The maximum Gasteiger partial charge on any atom is 0.134 e. The number of hydrazine groups is 1. The van der Waals surface area contributed by atoms with Gasteiger partial charge in [0, 0.05) is 12.0 Å². The van der Waals surface area contributed by atoms with Crippen LogP contribution in [0.1, 0.15) is 38.0 Å². The predicted octanol–water partition coefficient (Wildman–Crippen LogP) is 3.04. The summed E-state index contributed by atoms with van der Waals surface area (Å²) in [6.07, 6.45) is 3.08. The molecule has 20 heavy (non-hydrogen) atoms. The van der Waals surface area contributed by atoms with Crippen LogP contribution in [0.25, 0.3) is 11.0 Å². The van der Waals surface area contributed by atoms with Gasteiger partial charge in [-0.3, -0.25) is 5.84 Å². The van der Waals surface area contributed by atoms with Gasteiger partial charge in [-0.1, -0.05) is 0 Å². The molecule has 1 aliphatic heterocycles. The van der Waals surface area contributed by atoms with Gasteiger partial charge in [0.05, 0.1) is 5.60 Å². The van der Waals surface area contributed by atoms with E-state index in [4.69, 9.17) is 15.0 Å². The van der Waals surface area contributed by atoms with E-state index >= 15 is 0 Å². The minimum absolute atomic E-state index is 0.252. The summed E-state index contributed by atoms with van der Waals surface area (Å²) in [7, 11) is 0. The Bertz CT molecular complexity index is 605. The molecule has 0 saturated carbocycles. The van der Waals surface area contributed by atoms with Crippen molar-refractivity contribution in [3.8, 4) is 0 Å². The molecule has 4 nitrogen and oxygen atoms in total. The van der Waals surface area contributed by atoms with Gasteiger partial charge in [0.15, 0.2) is 0 Å². The molecule has 3 rings (SSSR count). The van der Waals surface area contributed by atoms with Crippen LogP contribution in [-0.2, 0) is 4.74 Å². The van der Waals surface area contributed by atoms with Gasteiger partial charge in [-0.25, -0.2) is 9.82 Å². The van der Waals surface area contributed by atoms with Crippen LogP contribution in [-0.4, -0.2) is 12.2 Å². The summed E-state index contributed by atoms with van der Waals surface area (Å²) in [4.78, 5) is 0. The first-order valence-electron chi connectivity index (χ1n) is 6.91. The van der Waals surface area contributed by atoms with Crippen molar-refractivity contribution >= 4 is 11.0 Å². The molecule has 1 aliphatic rings. The highest BCUT2D eigenvalue weighted by molar-refractivity contribution is 5.78. The lowest BCUT2D eigenvalue weighted by molar-refractivity contribution is -0.0934. The third kappa shape index (κ3) is 2.32. The Labute approximate surface area is 117 Å². The Hall–Kier alpha value is -1.43. The molecule has 2 atom stereocenters. The normalized spacial score (nSPS) is 24.9. The van der Waals surface area contributed by atoms with Gasteiger partial charge in [0.2, 0.25) is 0 Å². The monoisotopic (exact) mass is 278 g/mol. The lowest BCUT2D eigenvalue weighted by atomic mass is 9.87. The summed E-state index contributed by atoms with van der Waals surface area (Å²) in [6.45, 7) is 2.76. The minimum atomic E-state index is -0.403. The predicted molar refractivity (Wildman–Crippen MR) is 74.4 cm³/mol. The van der Waals surface area contributed by atoms with Crippen molar-refractivity contribution in [3.05, 3.63) is 35.8 Å². The molecule has 1 aromatic heterocycles.